The summed E-state index contributed by atoms with van der Waals surface area (Å²) < 4.78 is 9.62. The van der Waals surface area contributed by atoms with Crippen molar-refractivity contribution in [2.75, 3.05) is 14.2 Å². The van der Waals surface area contributed by atoms with Crippen LogP contribution in [0.1, 0.15) is 73.0 Å². The minimum Gasteiger partial charge on any atom is -0.469 e. The van der Waals surface area contributed by atoms with Gasteiger partial charge in [0.15, 0.2) is 0 Å². The third-order valence-electron chi connectivity index (χ3n) is 8.16. The van der Waals surface area contributed by atoms with Crippen LogP contribution in [0.4, 0.5) is 0 Å². The van der Waals surface area contributed by atoms with Gasteiger partial charge in [-0.15, -0.1) is 0 Å². The minimum atomic E-state index is -0.784. The van der Waals surface area contributed by atoms with Crippen molar-refractivity contribution < 1.29 is 29.3 Å². The van der Waals surface area contributed by atoms with E-state index >= 15 is 0 Å². The second-order valence-electron chi connectivity index (χ2n) is 11.6. The molecular weight excluding hydrogens is 694 g/mol. The Morgan fingerprint density at radius 1 is 0.542 bits per heavy atom. The van der Waals surface area contributed by atoms with Crippen LogP contribution in [0, 0.1) is 11.8 Å². The van der Waals surface area contributed by atoms with E-state index in [0.717, 1.165) is 22.3 Å². The summed E-state index contributed by atoms with van der Waals surface area (Å²) in [5.41, 5.74) is 3.23. The number of aliphatic hydroxyl groups is 2. The summed E-state index contributed by atoms with van der Waals surface area (Å²) in [5, 5.41) is 24.1. The number of carbonyl (C=O) groups is 2. The second-order valence-corrected chi connectivity index (χ2v) is 13.4. The molecular formula is C38H40Cl4O6. The third-order valence-corrected chi connectivity index (χ3v) is 9.14. The van der Waals surface area contributed by atoms with Gasteiger partial charge in [-0.2, -0.15) is 0 Å². The molecule has 6 nitrogen and oxygen atoms in total. The van der Waals surface area contributed by atoms with Crippen molar-refractivity contribution in [1.82, 2.24) is 0 Å². The van der Waals surface area contributed by atoms with E-state index < -0.39 is 12.2 Å². The van der Waals surface area contributed by atoms with Crippen LogP contribution in [0.5, 0.6) is 0 Å². The molecule has 0 fully saturated rings. The van der Waals surface area contributed by atoms with Crippen LogP contribution in [0.3, 0.4) is 0 Å². The SMILES string of the molecule is COC(=O)C(C)C[C@@H](c1cccc(Cl)c1)[C@H](O)c1ccc(Cl)cc1.COC(=O)C(C)C[C@H](c1cccc(Cl)c1)[C@@H](O)c1ccc(Cl)cc1. The lowest BCUT2D eigenvalue weighted by Gasteiger charge is -2.26. The van der Waals surface area contributed by atoms with E-state index in [-0.39, 0.29) is 35.6 Å². The summed E-state index contributed by atoms with van der Waals surface area (Å²) in [6, 6.07) is 28.7. The highest BCUT2D eigenvalue weighted by Crippen LogP contribution is 2.39. The van der Waals surface area contributed by atoms with Crippen LogP contribution in [0.25, 0.3) is 0 Å². The molecule has 0 bridgehead atoms. The first kappa shape index (κ1) is 39.3. The number of methoxy groups -OCH3 is 2. The van der Waals surface area contributed by atoms with E-state index in [9.17, 15) is 19.8 Å². The Labute approximate surface area is 302 Å². The van der Waals surface area contributed by atoms with Crippen LogP contribution in [-0.4, -0.2) is 36.4 Å². The van der Waals surface area contributed by atoms with Gasteiger partial charge in [-0.3, -0.25) is 9.59 Å². The molecule has 2 N–H and O–H groups in total. The van der Waals surface area contributed by atoms with E-state index in [1.807, 2.05) is 36.4 Å². The number of hydrogen-bond acceptors (Lipinski definition) is 6. The molecule has 0 saturated heterocycles. The first-order valence-corrected chi connectivity index (χ1v) is 16.9. The molecule has 10 heteroatoms. The molecule has 0 spiro atoms. The zero-order valence-corrected chi connectivity index (χ0v) is 30.2. The maximum atomic E-state index is 11.8. The minimum absolute atomic E-state index is 0.293. The monoisotopic (exact) mass is 732 g/mol. The van der Waals surface area contributed by atoms with Gasteiger partial charge in [0.25, 0.3) is 0 Å². The summed E-state index contributed by atoms with van der Waals surface area (Å²) in [6.45, 7) is 3.58. The number of ether oxygens (including phenoxy) is 2. The maximum absolute atomic E-state index is 11.8. The van der Waals surface area contributed by atoms with Gasteiger partial charge in [0.1, 0.15) is 0 Å². The van der Waals surface area contributed by atoms with Crippen LogP contribution in [0.2, 0.25) is 20.1 Å². The van der Waals surface area contributed by atoms with Crippen LogP contribution in [0.15, 0.2) is 97.1 Å². The summed E-state index contributed by atoms with van der Waals surface area (Å²) in [5.74, 6) is -1.88. The Morgan fingerprint density at radius 3 is 1.17 bits per heavy atom. The average Bonchev–Trinajstić information content (AvgIpc) is 3.08. The predicted octanol–water partition coefficient (Wildman–Crippen LogP) is 10.0. The van der Waals surface area contributed by atoms with Gasteiger partial charge in [-0.25, -0.2) is 0 Å². The van der Waals surface area contributed by atoms with Crippen molar-refractivity contribution in [2.24, 2.45) is 11.8 Å². The quantitative estimate of drug-likeness (QED) is 0.141. The average molecular weight is 735 g/mol. The van der Waals surface area contributed by atoms with Crippen molar-refractivity contribution in [1.29, 1.82) is 0 Å². The van der Waals surface area contributed by atoms with Gasteiger partial charge in [-0.1, -0.05) is 109 Å². The van der Waals surface area contributed by atoms with Crippen LogP contribution in [-0.2, 0) is 19.1 Å². The number of halogens is 4. The molecule has 0 amide bonds. The molecule has 0 heterocycles. The van der Waals surface area contributed by atoms with Gasteiger partial charge in [0.2, 0.25) is 0 Å². The Bertz CT molecular complexity index is 1490. The second kappa shape index (κ2) is 19.2. The summed E-state index contributed by atoms with van der Waals surface area (Å²) in [6.07, 6.45) is -0.686. The van der Waals surface area contributed by atoms with Crippen molar-refractivity contribution in [3.63, 3.8) is 0 Å². The molecule has 4 rings (SSSR count). The Morgan fingerprint density at radius 2 is 0.875 bits per heavy atom. The topological polar surface area (TPSA) is 93.1 Å². The fourth-order valence-electron chi connectivity index (χ4n) is 5.51. The van der Waals surface area contributed by atoms with E-state index in [1.165, 1.54) is 14.2 Å². The normalized spacial score (nSPS) is 14.7. The molecule has 2 unspecified atom stereocenters. The zero-order chi connectivity index (χ0) is 35.4. The highest BCUT2D eigenvalue weighted by molar-refractivity contribution is 6.31. The molecule has 0 saturated carbocycles. The summed E-state index contributed by atoms with van der Waals surface area (Å²) in [7, 11) is 2.73. The van der Waals surface area contributed by atoms with Crippen LogP contribution >= 0.6 is 46.4 Å². The molecule has 256 valence electrons. The van der Waals surface area contributed by atoms with Gasteiger partial charge in [0.05, 0.1) is 38.3 Å². The van der Waals surface area contributed by atoms with Crippen molar-refractivity contribution in [3.8, 4) is 0 Å². The van der Waals surface area contributed by atoms with Gasteiger partial charge in [-0.05, 0) is 83.6 Å². The van der Waals surface area contributed by atoms with Crippen molar-refractivity contribution in [3.05, 3.63) is 139 Å². The zero-order valence-electron chi connectivity index (χ0n) is 27.2. The molecule has 48 heavy (non-hydrogen) atoms. The van der Waals surface area contributed by atoms with Crippen molar-refractivity contribution >= 4 is 58.3 Å². The predicted molar refractivity (Wildman–Crippen MR) is 193 cm³/mol. The van der Waals surface area contributed by atoms with E-state index in [1.54, 1.807) is 74.5 Å². The summed E-state index contributed by atoms with van der Waals surface area (Å²) in [4.78, 5) is 23.6. The Kier molecular flexibility index (Phi) is 15.7. The molecule has 6 atom stereocenters. The molecule has 0 radical (unpaired) electrons. The highest BCUT2D eigenvalue weighted by Gasteiger charge is 2.29. The Hall–Kier alpha value is -3.10. The standard InChI is InChI=1S/2C19H20Cl2O3/c2*1-12(19(23)24-2)10-17(14-4-3-5-16(21)11-14)18(22)13-6-8-15(20)9-7-13/h2*3-9,11-12,17-18,22H,10H2,1-2H3/t2*12?,17-,18+/m10/s1. The van der Waals surface area contributed by atoms with Gasteiger partial charge >= 0.3 is 11.9 Å². The number of benzene rings is 4. The third kappa shape index (κ3) is 11.5. The maximum Gasteiger partial charge on any atom is 0.308 e. The number of rotatable bonds is 12. The van der Waals surface area contributed by atoms with Gasteiger partial charge < -0.3 is 19.7 Å². The van der Waals surface area contributed by atoms with E-state index in [0.29, 0.717) is 32.9 Å². The largest absolute Gasteiger partial charge is 0.469 e. The number of aliphatic hydroxyl groups excluding tert-OH is 2. The fourth-order valence-corrected chi connectivity index (χ4v) is 6.16. The Balaban J connectivity index is 0.000000260. The molecule has 0 aliphatic rings. The molecule has 0 aliphatic carbocycles. The lowest BCUT2D eigenvalue weighted by Crippen LogP contribution is -2.20. The first-order valence-electron chi connectivity index (χ1n) is 15.4. The number of carbonyl (C=O) groups excluding carboxylic acids is 2. The lowest BCUT2D eigenvalue weighted by atomic mass is 9.82. The van der Waals surface area contributed by atoms with Crippen molar-refractivity contribution in [2.45, 2.75) is 50.7 Å². The highest BCUT2D eigenvalue weighted by atomic mass is 35.5. The molecule has 4 aromatic rings. The van der Waals surface area contributed by atoms with E-state index in [4.69, 9.17) is 55.9 Å². The molecule has 0 aliphatic heterocycles. The van der Waals surface area contributed by atoms with E-state index in [2.05, 4.69) is 0 Å². The molecule has 0 aromatic heterocycles. The summed E-state index contributed by atoms with van der Waals surface area (Å²) >= 11 is 24.0. The smallest absolute Gasteiger partial charge is 0.308 e. The lowest BCUT2D eigenvalue weighted by molar-refractivity contribution is -0.146. The first-order chi connectivity index (χ1) is 22.8. The fraction of sp³-hybridized carbons (Fsp3) is 0.316. The number of esters is 2. The van der Waals surface area contributed by atoms with Crippen LogP contribution < -0.4 is 0 Å². The molecule has 4 aromatic carbocycles. The van der Waals surface area contributed by atoms with Gasteiger partial charge in [0, 0.05) is 31.9 Å². The number of hydrogen-bond donors (Lipinski definition) is 2.